The molecule has 1 unspecified atom stereocenters. The SMILES string of the molecule is O=C(N[C@H]1CCCNC1)C1CSCN1C(=O)c1ccccc1. The Balaban J connectivity index is 1.64. The summed E-state index contributed by atoms with van der Waals surface area (Å²) in [4.78, 5) is 26.8. The van der Waals surface area contributed by atoms with Crippen molar-refractivity contribution in [3.63, 3.8) is 0 Å². The number of amides is 2. The standard InChI is InChI=1S/C16H21N3O2S/c20-15(18-13-7-4-8-17-9-13)14-10-22-11-19(14)16(21)12-5-2-1-3-6-12/h1-3,5-6,13-14,17H,4,7-11H2,(H,18,20)/t13-,14?/m0/s1. The van der Waals surface area contributed by atoms with Crippen molar-refractivity contribution in [2.45, 2.75) is 24.9 Å². The van der Waals surface area contributed by atoms with Crippen LogP contribution < -0.4 is 10.6 Å². The van der Waals surface area contributed by atoms with E-state index in [0.29, 0.717) is 17.2 Å². The molecule has 3 rings (SSSR count). The fraction of sp³-hybridized carbons (Fsp3) is 0.500. The number of rotatable bonds is 3. The molecule has 2 saturated heterocycles. The minimum absolute atomic E-state index is 0.0250. The van der Waals surface area contributed by atoms with Gasteiger partial charge in [-0.25, -0.2) is 0 Å². The van der Waals surface area contributed by atoms with Gasteiger partial charge >= 0.3 is 0 Å². The zero-order chi connectivity index (χ0) is 15.4. The predicted octanol–water partition coefficient (Wildman–Crippen LogP) is 1.07. The number of carbonyl (C=O) groups excluding carboxylic acids is 2. The predicted molar refractivity (Wildman–Crippen MR) is 87.8 cm³/mol. The second-order valence-electron chi connectivity index (χ2n) is 5.71. The molecule has 22 heavy (non-hydrogen) atoms. The van der Waals surface area contributed by atoms with Gasteiger partial charge in [0.05, 0.1) is 5.88 Å². The first-order chi connectivity index (χ1) is 10.8. The molecule has 0 aliphatic carbocycles. The van der Waals surface area contributed by atoms with Crippen molar-refractivity contribution < 1.29 is 9.59 Å². The topological polar surface area (TPSA) is 61.4 Å². The molecule has 2 amide bonds. The van der Waals surface area contributed by atoms with Crippen molar-refractivity contribution >= 4 is 23.6 Å². The van der Waals surface area contributed by atoms with E-state index in [4.69, 9.17) is 0 Å². The lowest BCUT2D eigenvalue weighted by atomic mass is 10.1. The molecule has 5 nitrogen and oxygen atoms in total. The molecule has 0 bridgehead atoms. The number of hydrogen-bond acceptors (Lipinski definition) is 4. The van der Waals surface area contributed by atoms with Gasteiger partial charge in [0.1, 0.15) is 6.04 Å². The van der Waals surface area contributed by atoms with Crippen LogP contribution in [-0.4, -0.2) is 53.5 Å². The lowest BCUT2D eigenvalue weighted by molar-refractivity contribution is -0.125. The molecule has 2 heterocycles. The summed E-state index contributed by atoms with van der Waals surface area (Å²) < 4.78 is 0. The van der Waals surface area contributed by atoms with Crippen molar-refractivity contribution in [3.05, 3.63) is 35.9 Å². The smallest absolute Gasteiger partial charge is 0.255 e. The van der Waals surface area contributed by atoms with E-state index >= 15 is 0 Å². The second-order valence-corrected chi connectivity index (χ2v) is 6.71. The van der Waals surface area contributed by atoms with Crippen LogP contribution >= 0.6 is 11.8 Å². The fourth-order valence-corrected chi connectivity index (χ4v) is 4.03. The molecule has 6 heteroatoms. The Morgan fingerprint density at radius 3 is 2.82 bits per heavy atom. The summed E-state index contributed by atoms with van der Waals surface area (Å²) >= 11 is 1.63. The maximum atomic E-state index is 12.6. The van der Waals surface area contributed by atoms with E-state index in [9.17, 15) is 9.59 Å². The highest BCUT2D eigenvalue weighted by Crippen LogP contribution is 2.23. The Hall–Kier alpha value is -1.53. The molecule has 0 saturated carbocycles. The lowest BCUT2D eigenvalue weighted by Crippen LogP contribution is -2.53. The van der Waals surface area contributed by atoms with Crippen LogP contribution in [0.15, 0.2) is 30.3 Å². The van der Waals surface area contributed by atoms with Crippen LogP contribution in [0.1, 0.15) is 23.2 Å². The summed E-state index contributed by atoms with van der Waals surface area (Å²) in [7, 11) is 0. The molecule has 2 aliphatic rings. The summed E-state index contributed by atoms with van der Waals surface area (Å²) in [6.07, 6.45) is 2.09. The average molecular weight is 319 g/mol. The number of thioether (sulfide) groups is 1. The maximum Gasteiger partial charge on any atom is 0.255 e. The normalized spacial score (nSPS) is 25.0. The second kappa shape index (κ2) is 7.15. The van der Waals surface area contributed by atoms with E-state index in [2.05, 4.69) is 10.6 Å². The van der Waals surface area contributed by atoms with Crippen molar-refractivity contribution in [2.75, 3.05) is 24.7 Å². The minimum atomic E-state index is -0.361. The first-order valence-electron chi connectivity index (χ1n) is 7.70. The van der Waals surface area contributed by atoms with Gasteiger partial charge in [0.15, 0.2) is 0 Å². The highest BCUT2D eigenvalue weighted by atomic mass is 32.2. The van der Waals surface area contributed by atoms with Gasteiger partial charge in [0.25, 0.3) is 5.91 Å². The Morgan fingerprint density at radius 2 is 2.09 bits per heavy atom. The third-order valence-corrected chi connectivity index (χ3v) is 5.12. The van der Waals surface area contributed by atoms with Crippen molar-refractivity contribution in [1.82, 2.24) is 15.5 Å². The number of nitrogens with zero attached hydrogens (tertiary/aromatic N) is 1. The Morgan fingerprint density at radius 1 is 1.27 bits per heavy atom. The van der Waals surface area contributed by atoms with Crippen molar-refractivity contribution in [2.24, 2.45) is 0 Å². The van der Waals surface area contributed by atoms with Gasteiger partial charge in [0, 0.05) is 23.9 Å². The van der Waals surface area contributed by atoms with Crippen LogP contribution in [0.25, 0.3) is 0 Å². The number of benzene rings is 1. The minimum Gasteiger partial charge on any atom is -0.350 e. The first-order valence-corrected chi connectivity index (χ1v) is 8.86. The molecule has 118 valence electrons. The molecular weight excluding hydrogens is 298 g/mol. The maximum absolute atomic E-state index is 12.6. The van der Waals surface area contributed by atoms with Gasteiger partial charge in [-0.1, -0.05) is 18.2 Å². The number of nitrogens with one attached hydrogen (secondary N) is 2. The first kappa shape index (κ1) is 15.4. The third-order valence-electron chi connectivity index (χ3n) is 4.11. The van der Waals surface area contributed by atoms with Gasteiger partial charge in [-0.3, -0.25) is 9.59 Å². The summed E-state index contributed by atoms with van der Waals surface area (Å²) in [5.41, 5.74) is 0.641. The Labute approximate surface area is 134 Å². The van der Waals surface area contributed by atoms with Gasteiger partial charge in [-0.2, -0.15) is 0 Å². The van der Waals surface area contributed by atoms with Crippen LogP contribution in [-0.2, 0) is 4.79 Å². The summed E-state index contributed by atoms with van der Waals surface area (Å²) in [6, 6.07) is 8.99. The largest absolute Gasteiger partial charge is 0.350 e. The van der Waals surface area contributed by atoms with E-state index in [0.717, 1.165) is 25.9 Å². The van der Waals surface area contributed by atoms with E-state index < -0.39 is 0 Å². The third kappa shape index (κ3) is 3.44. The summed E-state index contributed by atoms with van der Waals surface area (Å²) in [6.45, 7) is 1.84. The fourth-order valence-electron chi connectivity index (χ4n) is 2.88. The molecule has 2 fully saturated rings. The van der Waals surface area contributed by atoms with Crippen molar-refractivity contribution in [1.29, 1.82) is 0 Å². The molecule has 2 N–H and O–H groups in total. The van der Waals surface area contributed by atoms with Crippen molar-refractivity contribution in [3.8, 4) is 0 Å². The molecule has 1 aromatic rings. The monoisotopic (exact) mass is 319 g/mol. The molecule has 2 atom stereocenters. The van der Waals surface area contributed by atoms with Gasteiger partial charge < -0.3 is 15.5 Å². The molecule has 2 aliphatic heterocycles. The number of hydrogen-bond donors (Lipinski definition) is 2. The van der Waals surface area contributed by atoms with E-state index in [1.807, 2.05) is 18.2 Å². The van der Waals surface area contributed by atoms with E-state index in [-0.39, 0.29) is 23.9 Å². The highest BCUT2D eigenvalue weighted by Gasteiger charge is 2.35. The van der Waals surface area contributed by atoms with Crippen LogP contribution in [0, 0.1) is 0 Å². The van der Waals surface area contributed by atoms with Crippen LogP contribution in [0.5, 0.6) is 0 Å². The van der Waals surface area contributed by atoms with E-state index in [1.54, 1.807) is 28.8 Å². The zero-order valence-corrected chi connectivity index (χ0v) is 13.3. The summed E-state index contributed by atoms with van der Waals surface area (Å²) in [5.74, 6) is 1.16. The van der Waals surface area contributed by atoms with Gasteiger partial charge in [-0.15, -0.1) is 11.8 Å². The lowest BCUT2D eigenvalue weighted by Gasteiger charge is -2.28. The average Bonchev–Trinajstić information content (AvgIpc) is 3.05. The van der Waals surface area contributed by atoms with Crippen LogP contribution in [0.4, 0.5) is 0 Å². The molecule has 0 spiro atoms. The molecule has 0 aromatic heterocycles. The Kier molecular flexibility index (Phi) is 5.00. The van der Waals surface area contributed by atoms with Gasteiger partial charge in [-0.05, 0) is 31.5 Å². The summed E-state index contributed by atoms with van der Waals surface area (Å²) in [5, 5.41) is 6.38. The van der Waals surface area contributed by atoms with Gasteiger partial charge in [0.2, 0.25) is 5.91 Å². The van der Waals surface area contributed by atoms with E-state index in [1.165, 1.54) is 0 Å². The number of piperidine rings is 1. The highest BCUT2D eigenvalue weighted by molar-refractivity contribution is 7.99. The molecular formula is C16H21N3O2S. The Bertz CT molecular complexity index is 531. The van der Waals surface area contributed by atoms with Crippen LogP contribution in [0.2, 0.25) is 0 Å². The quantitative estimate of drug-likeness (QED) is 0.875. The van der Waals surface area contributed by atoms with Crippen LogP contribution in [0.3, 0.4) is 0 Å². The zero-order valence-electron chi connectivity index (χ0n) is 12.5. The molecule has 0 radical (unpaired) electrons. The molecule has 1 aromatic carbocycles. The number of carbonyl (C=O) groups is 2.